The first-order chi connectivity index (χ1) is 11.2. The summed E-state index contributed by atoms with van der Waals surface area (Å²) in [6, 6.07) is 11.3. The highest BCUT2D eigenvalue weighted by atomic mass is 32.2. The molecule has 2 rings (SSSR count). The molecular weight excluding hydrogens is 331 g/mol. The predicted molar refractivity (Wildman–Crippen MR) is 94.5 cm³/mol. The molecule has 2 aromatic carbocycles. The van der Waals surface area contributed by atoms with Crippen LogP contribution in [-0.4, -0.2) is 37.7 Å². The third kappa shape index (κ3) is 4.35. The van der Waals surface area contributed by atoms with Crippen LogP contribution in [0.4, 0.5) is 11.4 Å². The molecule has 0 unspecified atom stereocenters. The van der Waals surface area contributed by atoms with Crippen molar-refractivity contribution in [3.05, 3.63) is 42.5 Å². The van der Waals surface area contributed by atoms with Gasteiger partial charge in [-0.3, -0.25) is 9.52 Å². The van der Waals surface area contributed by atoms with Crippen LogP contribution in [0.25, 0.3) is 11.1 Å². The average molecular weight is 348 g/mol. The first-order valence-electron chi connectivity index (χ1n) is 7.03. The number of benzene rings is 2. The van der Waals surface area contributed by atoms with Crippen molar-refractivity contribution >= 4 is 39.9 Å². The van der Waals surface area contributed by atoms with Crippen LogP contribution < -0.4 is 15.5 Å². The molecule has 0 saturated heterocycles. The lowest BCUT2D eigenvalue weighted by atomic mass is 9.77. The maximum absolute atomic E-state index is 11.6. The number of sulfonamides is 1. The monoisotopic (exact) mass is 348 g/mol. The zero-order valence-electron chi connectivity index (χ0n) is 13.1. The van der Waals surface area contributed by atoms with Crippen LogP contribution in [0.2, 0.25) is 0 Å². The molecule has 0 aliphatic heterocycles. The molecule has 4 N–H and O–H groups in total. The standard InChI is InChI=1S/C15H17BN2O5S/c1-10(19)17-15-12(7-5-8-13(15)16(20)21)11-6-3-4-9-14(11)18-24(2,22)23/h3-9,18,20-21H,1-2H3,(H,17,19). The van der Waals surface area contributed by atoms with Crippen molar-refractivity contribution < 1.29 is 23.3 Å². The fraction of sp³-hybridized carbons (Fsp3) is 0.133. The fourth-order valence-corrected chi connectivity index (χ4v) is 2.91. The van der Waals surface area contributed by atoms with Gasteiger partial charge in [0.05, 0.1) is 11.9 Å². The number of hydrogen-bond acceptors (Lipinski definition) is 5. The molecule has 0 aliphatic carbocycles. The summed E-state index contributed by atoms with van der Waals surface area (Å²) in [5, 5.41) is 21.7. The van der Waals surface area contributed by atoms with Gasteiger partial charge in [-0.15, -0.1) is 0 Å². The highest BCUT2D eigenvalue weighted by Crippen LogP contribution is 2.33. The van der Waals surface area contributed by atoms with Gasteiger partial charge in [0.25, 0.3) is 0 Å². The third-order valence-corrected chi connectivity index (χ3v) is 3.78. The van der Waals surface area contributed by atoms with E-state index in [4.69, 9.17) is 0 Å². The molecule has 0 heterocycles. The Balaban J connectivity index is 2.69. The van der Waals surface area contributed by atoms with Crippen LogP contribution in [-0.2, 0) is 14.8 Å². The summed E-state index contributed by atoms with van der Waals surface area (Å²) in [6.07, 6.45) is 1.03. The Bertz CT molecular complexity index is 868. The Kier molecular flexibility index (Phi) is 5.28. The molecule has 24 heavy (non-hydrogen) atoms. The van der Waals surface area contributed by atoms with Crippen LogP contribution in [0.15, 0.2) is 42.5 Å². The van der Waals surface area contributed by atoms with Crippen molar-refractivity contribution in [2.45, 2.75) is 6.92 Å². The normalized spacial score (nSPS) is 11.0. The number of para-hydroxylation sites is 2. The number of carbonyl (C=O) groups is 1. The maximum atomic E-state index is 11.6. The van der Waals surface area contributed by atoms with Crippen molar-refractivity contribution in [2.24, 2.45) is 0 Å². The lowest BCUT2D eigenvalue weighted by Crippen LogP contribution is -2.33. The average Bonchev–Trinajstić information content (AvgIpc) is 2.46. The van der Waals surface area contributed by atoms with Crippen LogP contribution in [0, 0.1) is 0 Å². The Morgan fingerprint density at radius 2 is 1.67 bits per heavy atom. The summed E-state index contributed by atoms with van der Waals surface area (Å²) in [7, 11) is -5.30. The van der Waals surface area contributed by atoms with E-state index < -0.39 is 23.0 Å². The van der Waals surface area contributed by atoms with Crippen molar-refractivity contribution in [1.29, 1.82) is 0 Å². The van der Waals surface area contributed by atoms with Crippen LogP contribution >= 0.6 is 0 Å². The highest BCUT2D eigenvalue weighted by Gasteiger charge is 2.21. The van der Waals surface area contributed by atoms with E-state index in [0.717, 1.165) is 6.26 Å². The van der Waals surface area contributed by atoms with Crippen LogP contribution in [0.1, 0.15) is 6.92 Å². The minimum Gasteiger partial charge on any atom is -0.423 e. The highest BCUT2D eigenvalue weighted by molar-refractivity contribution is 7.92. The second-order valence-corrected chi connectivity index (χ2v) is 6.99. The number of rotatable bonds is 5. The number of hydrogen-bond donors (Lipinski definition) is 4. The Hall–Kier alpha value is -2.36. The first kappa shape index (κ1) is 18.0. The molecule has 126 valence electrons. The van der Waals surface area contributed by atoms with Gasteiger partial charge in [0.15, 0.2) is 0 Å². The second kappa shape index (κ2) is 7.04. The molecule has 9 heteroatoms. The predicted octanol–water partition coefficient (Wildman–Crippen LogP) is 0.363. The van der Waals surface area contributed by atoms with Gasteiger partial charge in [0.1, 0.15) is 0 Å². The third-order valence-electron chi connectivity index (χ3n) is 3.19. The zero-order chi connectivity index (χ0) is 17.9. The molecule has 0 bridgehead atoms. The van der Waals surface area contributed by atoms with Gasteiger partial charge in [-0.25, -0.2) is 8.42 Å². The van der Waals surface area contributed by atoms with E-state index in [-0.39, 0.29) is 11.2 Å². The second-order valence-electron chi connectivity index (χ2n) is 5.24. The largest absolute Gasteiger partial charge is 0.490 e. The molecule has 1 amide bonds. The number of nitrogens with one attached hydrogen (secondary N) is 2. The molecule has 0 radical (unpaired) electrons. The van der Waals surface area contributed by atoms with E-state index in [9.17, 15) is 23.3 Å². The Labute approximate surface area is 140 Å². The topological polar surface area (TPSA) is 116 Å². The number of carbonyl (C=O) groups excluding carboxylic acids is 1. The summed E-state index contributed by atoms with van der Waals surface area (Å²) in [6.45, 7) is 1.30. The van der Waals surface area contributed by atoms with Gasteiger partial charge in [-0.1, -0.05) is 36.4 Å². The van der Waals surface area contributed by atoms with Gasteiger partial charge >= 0.3 is 7.12 Å². The summed E-state index contributed by atoms with van der Waals surface area (Å²) in [5.41, 5.74) is 1.59. The van der Waals surface area contributed by atoms with Crippen molar-refractivity contribution in [1.82, 2.24) is 0 Å². The Morgan fingerprint density at radius 3 is 2.25 bits per heavy atom. The molecule has 0 saturated carbocycles. The first-order valence-corrected chi connectivity index (χ1v) is 8.92. The van der Waals surface area contributed by atoms with E-state index in [1.165, 1.54) is 13.0 Å². The van der Waals surface area contributed by atoms with E-state index in [1.807, 2.05) is 0 Å². The van der Waals surface area contributed by atoms with Gasteiger partial charge < -0.3 is 15.4 Å². The maximum Gasteiger partial charge on any atom is 0.490 e. The summed E-state index contributed by atoms with van der Waals surface area (Å²) in [4.78, 5) is 11.5. The van der Waals surface area contributed by atoms with Gasteiger partial charge in [-0.05, 0) is 6.07 Å². The van der Waals surface area contributed by atoms with Crippen molar-refractivity contribution in [3.63, 3.8) is 0 Å². The number of anilines is 2. The molecular formula is C15H17BN2O5S. The summed E-state index contributed by atoms with van der Waals surface area (Å²) >= 11 is 0. The molecule has 0 fully saturated rings. The van der Waals surface area contributed by atoms with Crippen LogP contribution in [0.3, 0.4) is 0 Å². The van der Waals surface area contributed by atoms with E-state index in [0.29, 0.717) is 16.8 Å². The number of amides is 1. The smallest absolute Gasteiger partial charge is 0.423 e. The van der Waals surface area contributed by atoms with Gasteiger partial charge in [-0.2, -0.15) is 0 Å². The summed E-state index contributed by atoms with van der Waals surface area (Å²) < 4.78 is 25.5. The zero-order valence-corrected chi connectivity index (χ0v) is 14.0. The summed E-state index contributed by atoms with van der Waals surface area (Å²) in [5.74, 6) is -0.391. The minimum atomic E-state index is -3.51. The lowest BCUT2D eigenvalue weighted by Gasteiger charge is -2.17. The fourth-order valence-electron chi connectivity index (χ4n) is 2.33. The van der Waals surface area contributed by atoms with E-state index in [2.05, 4.69) is 10.0 Å². The molecule has 2 aromatic rings. The molecule has 0 aliphatic rings. The molecule has 0 atom stereocenters. The lowest BCUT2D eigenvalue weighted by molar-refractivity contribution is -0.114. The van der Waals surface area contributed by atoms with Crippen molar-refractivity contribution in [3.8, 4) is 11.1 Å². The molecule has 7 nitrogen and oxygen atoms in total. The van der Waals surface area contributed by atoms with Gasteiger partial charge in [0.2, 0.25) is 15.9 Å². The molecule has 0 aromatic heterocycles. The SMILES string of the molecule is CC(=O)Nc1c(B(O)O)cccc1-c1ccccc1NS(C)(=O)=O. The molecule has 0 spiro atoms. The Morgan fingerprint density at radius 1 is 1.04 bits per heavy atom. The van der Waals surface area contributed by atoms with E-state index in [1.54, 1.807) is 36.4 Å². The van der Waals surface area contributed by atoms with Gasteiger partial charge in [0, 0.05) is 29.2 Å². The van der Waals surface area contributed by atoms with Crippen LogP contribution in [0.5, 0.6) is 0 Å². The van der Waals surface area contributed by atoms with Crippen molar-refractivity contribution in [2.75, 3.05) is 16.3 Å². The minimum absolute atomic E-state index is 0.108. The quantitative estimate of drug-likeness (QED) is 0.583. The van der Waals surface area contributed by atoms with E-state index >= 15 is 0 Å².